The van der Waals surface area contributed by atoms with E-state index in [9.17, 15) is 19.7 Å². The van der Waals surface area contributed by atoms with Crippen LogP contribution in [0.2, 0.25) is 0 Å². The number of furan rings is 1. The number of hydrogen-bond acceptors (Lipinski definition) is 6. The highest BCUT2D eigenvalue weighted by atomic mass is 79.9. The van der Waals surface area contributed by atoms with Crippen LogP contribution in [0.1, 0.15) is 10.6 Å². The van der Waals surface area contributed by atoms with Gasteiger partial charge in [-0.2, -0.15) is 0 Å². The molecular weight excluding hydrogens is 360 g/mol. The maximum atomic E-state index is 11.6. The number of benzene rings is 1. The summed E-state index contributed by atoms with van der Waals surface area (Å²) in [5, 5.41) is 12.9. The molecule has 0 unspecified atom stereocenters. The molecule has 2 aromatic rings. The van der Waals surface area contributed by atoms with E-state index >= 15 is 0 Å². The molecule has 114 valence electrons. The summed E-state index contributed by atoms with van der Waals surface area (Å²) in [5.74, 6) is -2.43. The number of ether oxygens (including phenoxy) is 1. The molecule has 0 saturated heterocycles. The van der Waals surface area contributed by atoms with E-state index in [1.165, 1.54) is 0 Å². The molecule has 0 aliphatic rings. The molecule has 1 N–H and O–H groups in total. The van der Waals surface area contributed by atoms with Crippen LogP contribution in [0.3, 0.4) is 0 Å². The monoisotopic (exact) mass is 368 g/mol. The van der Waals surface area contributed by atoms with E-state index in [0.717, 1.165) is 16.6 Å². The van der Waals surface area contributed by atoms with E-state index in [1.807, 2.05) is 0 Å². The third-order valence-electron chi connectivity index (χ3n) is 2.44. The molecule has 1 amide bonds. The van der Waals surface area contributed by atoms with Gasteiger partial charge in [0.05, 0.1) is 6.07 Å². The average Bonchev–Trinajstić information content (AvgIpc) is 2.97. The Morgan fingerprint density at radius 2 is 1.91 bits per heavy atom. The zero-order valence-corrected chi connectivity index (χ0v) is 12.5. The van der Waals surface area contributed by atoms with Gasteiger partial charge in [0.2, 0.25) is 5.76 Å². The standard InChI is InChI=1S/C13H9BrN2O6/c14-8-1-3-9(4-2-8)15-11(17)7-21-13(18)10-5-6-12(22-10)16(19)20/h1-6H,7H2,(H,15,17). The number of rotatable bonds is 5. The van der Waals surface area contributed by atoms with Gasteiger partial charge in [0, 0.05) is 10.2 Å². The van der Waals surface area contributed by atoms with Gasteiger partial charge < -0.3 is 14.5 Å². The normalized spacial score (nSPS) is 10.0. The van der Waals surface area contributed by atoms with Crippen molar-refractivity contribution < 1.29 is 23.7 Å². The van der Waals surface area contributed by atoms with E-state index in [4.69, 9.17) is 4.74 Å². The van der Waals surface area contributed by atoms with Crippen LogP contribution in [0.5, 0.6) is 0 Å². The Morgan fingerprint density at radius 3 is 2.50 bits per heavy atom. The number of carbonyl (C=O) groups is 2. The third kappa shape index (κ3) is 4.16. The fraction of sp³-hybridized carbons (Fsp3) is 0.0769. The van der Waals surface area contributed by atoms with E-state index < -0.39 is 29.3 Å². The van der Waals surface area contributed by atoms with Crippen molar-refractivity contribution in [3.05, 3.63) is 56.7 Å². The number of nitrogens with zero attached hydrogens (tertiary/aromatic N) is 1. The van der Waals surface area contributed by atoms with E-state index in [-0.39, 0.29) is 5.76 Å². The summed E-state index contributed by atoms with van der Waals surface area (Å²) in [6, 6.07) is 8.94. The largest absolute Gasteiger partial charge is 0.450 e. The summed E-state index contributed by atoms with van der Waals surface area (Å²) in [4.78, 5) is 32.8. The first-order valence-corrected chi connectivity index (χ1v) is 6.72. The van der Waals surface area contributed by atoms with Crippen molar-refractivity contribution in [2.45, 2.75) is 0 Å². The molecule has 0 spiro atoms. The molecule has 1 heterocycles. The van der Waals surface area contributed by atoms with Crippen molar-refractivity contribution in [1.82, 2.24) is 0 Å². The van der Waals surface area contributed by atoms with Gasteiger partial charge in [-0.1, -0.05) is 15.9 Å². The Labute approximate surface area is 132 Å². The number of halogens is 1. The fourth-order valence-corrected chi connectivity index (χ4v) is 1.73. The molecule has 1 aromatic carbocycles. The Balaban J connectivity index is 1.86. The Kier molecular flexibility index (Phi) is 4.89. The van der Waals surface area contributed by atoms with Gasteiger partial charge in [-0.3, -0.25) is 14.9 Å². The van der Waals surface area contributed by atoms with Crippen LogP contribution in [0.15, 0.2) is 45.3 Å². The minimum absolute atomic E-state index is 0.344. The summed E-state index contributed by atoms with van der Waals surface area (Å²) >= 11 is 3.26. The highest BCUT2D eigenvalue weighted by molar-refractivity contribution is 9.10. The highest BCUT2D eigenvalue weighted by Gasteiger charge is 2.19. The van der Waals surface area contributed by atoms with Crippen molar-refractivity contribution in [3.8, 4) is 0 Å². The summed E-state index contributed by atoms with van der Waals surface area (Å²) in [6.07, 6.45) is 0. The highest BCUT2D eigenvalue weighted by Crippen LogP contribution is 2.16. The third-order valence-corrected chi connectivity index (χ3v) is 2.96. The minimum Gasteiger partial charge on any atom is -0.450 e. The van der Waals surface area contributed by atoms with E-state index in [1.54, 1.807) is 24.3 Å². The van der Waals surface area contributed by atoms with Gasteiger partial charge in [0.1, 0.15) is 4.92 Å². The minimum atomic E-state index is -0.959. The van der Waals surface area contributed by atoms with Crippen molar-refractivity contribution >= 4 is 39.4 Å². The summed E-state index contributed by atoms with van der Waals surface area (Å²) in [6.45, 7) is -0.538. The number of nitrogens with one attached hydrogen (secondary N) is 1. The second-order valence-electron chi connectivity index (χ2n) is 4.03. The molecule has 0 saturated carbocycles. The van der Waals surface area contributed by atoms with Crippen molar-refractivity contribution in [1.29, 1.82) is 0 Å². The molecule has 0 aliphatic heterocycles. The van der Waals surface area contributed by atoms with Crippen LogP contribution in [0.25, 0.3) is 0 Å². The molecule has 8 nitrogen and oxygen atoms in total. The zero-order chi connectivity index (χ0) is 16.1. The van der Waals surface area contributed by atoms with Gasteiger partial charge >= 0.3 is 11.9 Å². The SMILES string of the molecule is O=C(COC(=O)c1ccc([N+](=O)[O-])o1)Nc1ccc(Br)cc1. The summed E-state index contributed by atoms with van der Waals surface area (Å²) in [7, 11) is 0. The predicted molar refractivity (Wildman–Crippen MR) is 78.4 cm³/mol. The quantitative estimate of drug-likeness (QED) is 0.493. The van der Waals surface area contributed by atoms with Crippen molar-refractivity contribution in [2.24, 2.45) is 0 Å². The molecule has 0 atom stereocenters. The van der Waals surface area contributed by atoms with Gasteiger partial charge in [-0.25, -0.2) is 4.79 Å². The summed E-state index contributed by atoms with van der Waals surface area (Å²) < 4.78 is 10.2. The maximum Gasteiger partial charge on any atom is 0.433 e. The lowest BCUT2D eigenvalue weighted by Gasteiger charge is -2.05. The molecule has 0 aliphatic carbocycles. The van der Waals surface area contributed by atoms with Crippen LogP contribution in [-0.2, 0) is 9.53 Å². The number of anilines is 1. The Bertz CT molecular complexity index is 710. The van der Waals surface area contributed by atoms with Gasteiger partial charge in [0.25, 0.3) is 5.91 Å². The Morgan fingerprint density at radius 1 is 1.23 bits per heavy atom. The number of nitro groups is 1. The predicted octanol–water partition coefficient (Wildman–Crippen LogP) is 2.75. The zero-order valence-electron chi connectivity index (χ0n) is 10.9. The van der Waals surface area contributed by atoms with E-state index in [2.05, 4.69) is 25.7 Å². The second kappa shape index (κ2) is 6.85. The maximum absolute atomic E-state index is 11.6. The smallest absolute Gasteiger partial charge is 0.433 e. The lowest BCUT2D eigenvalue weighted by Crippen LogP contribution is -2.20. The van der Waals surface area contributed by atoms with Crippen LogP contribution in [0, 0.1) is 10.1 Å². The van der Waals surface area contributed by atoms with Gasteiger partial charge in [-0.15, -0.1) is 0 Å². The number of hydrogen-bond donors (Lipinski definition) is 1. The number of amides is 1. The molecular formula is C13H9BrN2O6. The number of carbonyl (C=O) groups excluding carboxylic acids is 2. The molecule has 0 bridgehead atoms. The van der Waals surface area contributed by atoms with Crippen molar-refractivity contribution in [3.63, 3.8) is 0 Å². The van der Waals surface area contributed by atoms with Gasteiger partial charge in [0.15, 0.2) is 6.61 Å². The molecule has 22 heavy (non-hydrogen) atoms. The van der Waals surface area contributed by atoms with Crippen LogP contribution >= 0.6 is 15.9 Å². The first-order chi connectivity index (χ1) is 10.5. The van der Waals surface area contributed by atoms with Crippen LogP contribution in [-0.4, -0.2) is 23.4 Å². The average molecular weight is 369 g/mol. The molecule has 0 radical (unpaired) electrons. The fourth-order valence-electron chi connectivity index (χ4n) is 1.47. The van der Waals surface area contributed by atoms with Crippen molar-refractivity contribution in [2.75, 3.05) is 11.9 Å². The Hall–Kier alpha value is -2.68. The summed E-state index contributed by atoms with van der Waals surface area (Å²) in [5.41, 5.74) is 0.540. The van der Waals surface area contributed by atoms with Gasteiger partial charge in [-0.05, 0) is 30.3 Å². The molecule has 1 aromatic heterocycles. The second-order valence-corrected chi connectivity index (χ2v) is 4.94. The molecule has 0 fully saturated rings. The molecule has 9 heteroatoms. The lowest BCUT2D eigenvalue weighted by molar-refractivity contribution is -0.402. The number of esters is 1. The van der Waals surface area contributed by atoms with E-state index in [0.29, 0.717) is 5.69 Å². The topological polar surface area (TPSA) is 112 Å². The molecule has 2 rings (SSSR count). The first-order valence-electron chi connectivity index (χ1n) is 5.92. The lowest BCUT2D eigenvalue weighted by atomic mass is 10.3. The first kappa shape index (κ1) is 15.7. The van der Waals surface area contributed by atoms with Crippen LogP contribution < -0.4 is 5.32 Å². The van der Waals surface area contributed by atoms with Crippen LogP contribution in [0.4, 0.5) is 11.6 Å².